The third-order valence-electron chi connectivity index (χ3n) is 5.42. The molecule has 1 amide bonds. The van der Waals surface area contributed by atoms with E-state index >= 15 is 0 Å². The lowest BCUT2D eigenvalue weighted by atomic mass is 9.81. The molecule has 1 aliphatic heterocycles. The molecule has 33 heavy (non-hydrogen) atoms. The molecule has 10 heteroatoms. The van der Waals surface area contributed by atoms with E-state index < -0.39 is 17.8 Å². The molecule has 0 aliphatic carbocycles. The van der Waals surface area contributed by atoms with Crippen LogP contribution in [0, 0.1) is 0 Å². The van der Waals surface area contributed by atoms with Crippen LogP contribution in [0.4, 0.5) is 13.2 Å². The highest BCUT2D eigenvalue weighted by Gasteiger charge is 2.43. The van der Waals surface area contributed by atoms with Crippen LogP contribution in [0.5, 0.6) is 11.5 Å². The van der Waals surface area contributed by atoms with Gasteiger partial charge in [0.15, 0.2) is 5.82 Å². The summed E-state index contributed by atoms with van der Waals surface area (Å²) in [5.41, 5.74) is 1.17. The van der Waals surface area contributed by atoms with Crippen LogP contribution in [0.15, 0.2) is 66.9 Å². The first-order chi connectivity index (χ1) is 15.8. The maximum atomic E-state index is 13.3. The Morgan fingerprint density at radius 2 is 1.88 bits per heavy atom. The quantitative estimate of drug-likeness (QED) is 0.480. The monoisotopic (exact) mass is 454 g/mol. The van der Waals surface area contributed by atoms with E-state index in [1.165, 1.54) is 24.3 Å². The highest BCUT2D eigenvalue weighted by molar-refractivity contribution is 5.95. The van der Waals surface area contributed by atoms with Gasteiger partial charge in [0.2, 0.25) is 0 Å². The van der Waals surface area contributed by atoms with E-state index in [0.29, 0.717) is 34.5 Å². The smallest absolute Gasteiger partial charge is 0.491 e. The number of aromatic amines is 1. The number of nitrogens with one attached hydrogen (secondary N) is 2. The number of ether oxygens (including phenoxy) is 2. The molecule has 0 bridgehead atoms. The van der Waals surface area contributed by atoms with Gasteiger partial charge in [-0.3, -0.25) is 9.78 Å². The number of alkyl halides is 3. The molecule has 0 saturated carbocycles. The molecular weight excluding hydrogens is 437 g/mol. The van der Waals surface area contributed by atoms with Gasteiger partial charge in [-0.15, -0.1) is 13.2 Å². The fourth-order valence-corrected chi connectivity index (χ4v) is 3.99. The van der Waals surface area contributed by atoms with Crippen LogP contribution >= 0.6 is 0 Å². The molecule has 4 aromatic rings. The van der Waals surface area contributed by atoms with Gasteiger partial charge in [-0.25, -0.2) is 4.98 Å². The number of pyridine rings is 1. The number of aromatic nitrogens is 3. The fourth-order valence-electron chi connectivity index (χ4n) is 3.99. The van der Waals surface area contributed by atoms with Crippen molar-refractivity contribution in [3.8, 4) is 11.5 Å². The molecule has 1 aliphatic rings. The first-order valence-corrected chi connectivity index (χ1v) is 10.1. The van der Waals surface area contributed by atoms with E-state index in [4.69, 9.17) is 4.74 Å². The number of imidazole rings is 1. The van der Waals surface area contributed by atoms with Gasteiger partial charge >= 0.3 is 6.36 Å². The number of fused-ring (bicyclic) bond motifs is 2. The molecular formula is C23H17F3N4O3. The zero-order valence-electron chi connectivity index (χ0n) is 17.0. The fraction of sp³-hybridized carbons (Fsp3) is 0.174. The first kappa shape index (κ1) is 20.8. The summed E-state index contributed by atoms with van der Waals surface area (Å²) in [6, 6.07) is 16.0. The van der Waals surface area contributed by atoms with Gasteiger partial charge in [0.25, 0.3) is 5.91 Å². The molecule has 168 valence electrons. The largest absolute Gasteiger partial charge is 0.573 e. The number of nitrogens with zero attached hydrogens (tertiary/aromatic N) is 2. The molecule has 5 rings (SSSR count). The number of benzene rings is 2. The second-order valence-electron chi connectivity index (χ2n) is 7.48. The highest BCUT2D eigenvalue weighted by atomic mass is 19.4. The average Bonchev–Trinajstić information content (AvgIpc) is 3.23. The molecule has 0 radical (unpaired) electrons. The molecule has 3 heterocycles. The summed E-state index contributed by atoms with van der Waals surface area (Å²) in [5, 5.41) is 3.01. The van der Waals surface area contributed by atoms with Crippen molar-refractivity contribution in [2.75, 3.05) is 6.61 Å². The van der Waals surface area contributed by atoms with Crippen molar-refractivity contribution in [3.63, 3.8) is 0 Å². The maximum Gasteiger partial charge on any atom is 0.573 e. The Labute approximate surface area is 185 Å². The Morgan fingerprint density at radius 1 is 1.09 bits per heavy atom. The van der Waals surface area contributed by atoms with E-state index in [2.05, 4.69) is 25.0 Å². The number of amides is 1. The number of carbonyl (C=O) groups excluding carboxylic acids is 1. The number of rotatable bonds is 4. The number of hydrogen-bond acceptors (Lipinski definition) is 5. The van der Waals surface area contributed by atoms with E-state index in [1.807, 2.05) is 12.1 Å². The molecule has 1 unspecified atom stereocenters. The SMILES string of the molecule is O=C(NC1(c2ccc(OC(F)(F)F)cc2)CCOc2cccnc21)c1nc2ccccc2[nH]1. The topological polar surface area (TPSA) is 89.1 Å². The van der Waals surface area contributed by atoms with Crippen LogP contribution in [-0.2, 0) is 5.54 Å². The molecule has 0 saturated heterocycles. The van der Waals surface area contributed by atoms with Crippen molar-refractivity contribution in [2.45, 2.75) is 18.3 Å². The van der Waals surface area contributed by atoms with Crippen molar-refractivity contribution >= 4 is 16.9 Å². The van der Waals surface area contributed by atoms with Crippen molar-refractivity contribution in [2.24, 2.45) is 0 Å². The average molecular weight is 454 g/mol. The van der Waals surface area contributed by atoms with Crippen molar-refractivity contribution < 1.29 is 27.4 Å². The van der Waals surface area contributed by atoms with Crippen LogP contribution < -0.4 is 14.8 Å². The third kappa shape index (κ3) is 3.95. The van der Waals surface area contributed by atoms with Crippen molar-refractivity contribution in [1.29, 1.82) is 0 Å². The Bertz CT molecular complexity index is 1290. The normalized spacial score (nSPS) is 17.8. The van der Waals surface area contributed by atoms with Gasteiger partial charge in [0.1, 0.15) is 22.7 Å². The van der Waals surface area contributed by atoms with Gasteiger partial charge in [0, 0.05) is 12.6 Å². The summed E-state index contributed by atoms with van der Waals surface area (Å²) in [6.07, 6.45) is -2.93. The Balaban J connectivity index is 1.56. The molecule has 0 spiro atoms. The van der Waals surface area contributed by atoms with E-state index in [9.17, 15) is 18.0 Å². The van der Waals surface area contributed by atoms with Crippen molar-refractivity contribution in [1.82, 2.24) is 20.3 Å². The minimum Gasteiger partial charge on any atom is -0.491 e. The molecule has 7 nitrogen and oxygen atoms in total. The zero-order chi connectivity index (χ0) is 23.1. The Hall–Kier alpha value is -4.08. The van der Waals surface area contributed by atoms with Gasteiger partial charge in [0.05, 0.1) is 17.6 Å². The maximum absolute atomic E-state index is 13.3. The first-order valence-electron chi connectivity index (χ1n) is 10.1. The Morgan fingerprint density at radius 3 is 2.64 bits per heavy atom. The number of H-pyrrole nitrogens is 1. The zero-order valence-corrected chi connectivity index (χ0v) is 17.0. The summed E-state index contributed by atoms with van der Waals surface area (Å²) in [6.45, 7) is 0.264. The minimum atomic E-state index is -4.80. The lowest BCUT2D eigenvalue weighted by Crippen LogP contribution is -2.50. The van der Waals surface area contributed by atoms with Gasteiger partial charge in [-0.05, 0) is 42.0 Å². The van der Waals surface area contributed by atoms with Crippen LogP contribution in [-0.4, -0.2) is 33.8 Å². The number of carbonyl (C=O) groups is 1. The van der Waals surface area contributed by atoms with Crippen LogP contribution in [0.3, 0.4) is 0 Å². The number of para-hydroxylation sites is 2. The standard InChI is InChI=1S/C23H17F3N4O3/c24-23(25,26)33-15-9-7-14(8-10-15)22(11-13-32-18-6-3-12-27-19(18)22)30-21(31)20-28-16-4-1-2-5-17(16)29-20/h1-10,12H,11,13H2,(H,28,29)(H,30,31). The van der Waals surface area contributed by atoms with Gasteiger partial charge < -0.3 is 19.8 Å². The molecule has 1 atom stereocenters. The van der Waals surface area contributed by atoms with Crippen molar-refractivity contribution in [3.05, 3.63) is 83.9 Å². The van der Waals surface area contributed by atoms with E-state index in [0.717, 1.165) is 0 Å². The minimum absolute atomic E-state index is 0.108. The van der Waals surface area contributed by atoms with Gasteiger partial charge in [-0.1, -0.05) is 24.3 Å². The van der Waals surface area contributed by atoms with Crippen LogP contribution in [0.25, 0.3) is 11.0 Å². The summed E-state index contributed by atoms with van der Waals surface area (Å²) >= 11 is 0. The lowest BCUT2D eigenvalue weighted by molar-refractivity contribution is -0.274. The summed E-state index contributed by atoms with van der Waals surface area (Å²) in [5.74, 6) is -0.264. The summed E-state index contributed by atoms with van der Waals surface area (Å²) < 4.78 is 47.5. The molecule has 2 aromatic carbocycles. The predicted molar refractivity (Wildman–Crippen MR) is 112 cm³/mol. The highest BCUT2D eigenvalue weighted by Crippen LogP contribution is 2.41. The number of hydrogen-bond donors (Lipinski definition) is 2. The van der Waals surface area contributed by atoms with E-state index in [-0.39, 0.29) is 18.2 Å². The molecule has 2 N–H and O–H groups in total. The van der Waals surface area contributed by atoms with Gasteiger partial charge in [-0.2, -0.15) is 0 Å². The van der Waals surface area contributed by atoms with Crippen LogP contribution in [0.1, 0.15) is 28.3 Å². The lowest BCUT2D eigenvalue weighted by Gasteiger charge is -2.38. The van der Waals surface area contributed by atoms with E-state index in [1.54, 1.807) is 30.5 Å². The third-order valence-corrected chi connectivity index (χ3v) is 5.42. The predicted octanol–water partition coefficient (Wildman–Crippen LogP) is 4.31. The van der Waals surface area contributed by atoms with Crippen LogP contribution in [0.2, 0.25) is 0 Å². The summed E-state index contributed by atoms with van der Waals surface area (Å²) in [4.78, 5) is 25.1. The Kier molecular flexibility index (Phi) is 4.92. The molecule has 2 aromatic heterocycles. The molecule has 0 fully saturated rings. The number of halogens is 3. The summed E-state index contributed by atoms with van der Waals surface area (Å²) in [7, 11) is 0. The second-order valence-corrected chi connectivity index (χ2v) is 7.48. The second kappa shape index (κ2) is 7.80.